The van der Waals surface area contributed by atoms with Gasteiger partial charge < -0.3 is 10.1 Å². The maximum absolute atomic E-state index is 13.1. The Morgan fingerprint density at radius 1 is 1.06 bits per heavy atom. The average molecular weight is 549 g/mol. The van der Waals surface area contributed by atoms with Crippen molar-refractivity contribution in [1.29, 1.82) is 0 Å². The van der Waals surface area contributed by atoms with Crippen LogP contribution in [-0.4, -0.2) is 37.8 Å². The number of benzene rings is 2. The van der Waals surface area contributed by atoms with Gasteiger partial charge in [-0.3, -0.25) is 14.8 Å². The first-order valence-corrected chi connectivity index (χ1v) is 14.1. The molecule has 2 aromatic carbocycles. The van der Waals surface area contributed by atoms with Crippen LogP contribution in [0.1, 0.15) is 30.6 Å². The zero-order chi connectivity index (χ0) is 25.8. The molecular weight excluding hydrogens is 524 g/mol. The molecule has 0 bridgehead atoms. The van der Waals surface area contributed by atoms with Crippen LogP contribution in [0.15, 0.2) is 60.7 Å². The van der Waals surface area contributed by atoms with Gasteiger partial charge in [-0.1, -0.05) is 30.2 Å². The summed E-state index contributed by atoms with van der Waals surface area (Å²) in [5.74, 6) is -0.550. The van der Waals surface area contributed by atoms with Crippen LogP contribution in [0.25, 0.3) is 10.4 Å². The Bertz CT molecular complexity index is 1360. The van der Waals surface area contributed by atoms with Crippen LogP contribution in [0.4, 0.5) is 5.69 Å². The second-order valence-electron chi connectivity index (χ2n) is 8.52. The van der Waals surface area contributed by atoms with Crippen LogP contribution in [-0.2, 0) is 24.2 Å². The molecule has 2 heterocycles. The van der Waals surface area contributed by atoms with E-state index in [1.165, 1.54) is 11.3 Å². The first-order chi connectivity index (χ1) is 17.2. The van der Waals surface area contributed by atoms with Gasteiger partial charge in [0.05, 0.1) is 12.2 Å². The number of thiophene rings is 1. The molecule has 36 heavy (non-hydrogen) atoms. The van der Waals surface area contributed by atoms with Gasteiger partial charge in [-0.15, -0.1) is 11.3 Å². The predicted molar refractivity (Wildman–Crippen MR) is 139 cm³/mol. The van der Waals surface area contributed by atoms with Crippen molar-refractivity contribution in [3.8, 4) is 16.2 Å². The number of hydroxylamine groups is 1. The summed E-state index contributed by atoms with van der Waals surface area (Å²) in [7, 11) is -3.61. The third kappa shape index (κ3) is 5.73. The van der Waals surface area contributed by atoms with Gasteiger partial charge in [0, 0.05) is 20.5 Å². The number of hydrogen-bond acceptors (Lipinski definition) is 7. The molecule has 0 saturated carbocycles. The molecule has 0 radical (unpaired) electrons. The quantitative estimate of drug-likeness (QED) is 0.275. The summed E-state index contributed by atoms with van der Waals surface area (Å²) in [6, 6.07) is 17.4. The molecule has 3 N–H and O–H groups in total. The Kier molecular flexibility index (Phi) is 7.99. The van der Waals surface area contributed by atoms with Crippen LogP contribution in [0.2, 0.25) is 5.02 Å². The normalized spacial score (nSPS) is 18.8. The van der Waals surface area contributed by atoms with Crippen molar-refractivity contribution in [2.75, 3.05) is 17.7 Å². The molecule has 1 aliphatic rings. The number of nitrogens with one attached hydrogen (secondary N) is 2. The van der Waals surface area contributed by atoms with E-state index in [0.29, 0.717) is 40.6 Å². The number of halogens is 1. The highest BCUT2D eigenvalue weighted by Crippen LogP contribution is 2.47. The third-order valence-corrected chi connectivity index (χ3v) is 10.4. The van der Waals surface area contributed by atoms with Gasteiger partial charge in [-0.25, -0.2) is 13.9 Å². The Hall–Kier alpha value is -2.92. The van der Waals surface area contributed by atoms with Crippen molar-refractivity contribution in [3.05, 3.63) is 70.6 Å². The fourth-order valence-corrected chi connectivity index (χ4v) is 8.18. The molecule has 8 nitrogen and oxygen atoms in total. The largest absolute Gasteiger partial charge is 0.484 e. The second-order valence-corrected chi connectivity index (χ2v) is 12.5. The monoisotopic (exact) mass is 548 g/mol. The van der Waals surface area contributed by atoms with E-state index in [0.717, 1.165) is 10.4 Å². The molecule has 0 spiro atoms. The van der Waals surface area contributed by atoms with E-state index >= 15 is 0 Å². The van der Waals surface area contributed by atoms with Crippen LogP contribution in [0.3, 0.4) is 0 Å². The Morgan fingerprint density at radius 2 is 1.83 bits per heavy atom. The maximum Gasteiger partial charge on any atom is 0.262 e. The molecule has 11 heteroatoms. The van der Waals surface area contributed by atoms with E-state index in [1.54, 1.807) is 54.0 Å². The van der Waals surface area contributed by atoms with Crippen molar-refractivity contribution in [2.45, 2.75) is 30.4 Å². The van der Waals surface area contributed by atoms with Gasteiger partial charge in [0.2, 0.25) is 5.91 Å². The standard InChI is InChI=1S/C25H25ClN2O6S2/c26-18-6-8-20(9-7-18)34-16-24(30)27-19-5-3-4-17(14-19)21-10-11-22(35-21)25(15-23(29)28-31)12-1-2-13-36(25,32)33/h3-11,14,31H,1-2,12-13,15-16H2,(H,27,30)(H,28,29)/t25-/m0/s1. The maximum atomic E-state index is 13.1. The lowest BCUT2D eigenvalue weighted by Gasteiger charge is -2.35. The molecule has 0 unspecified atom stereocenters. The topological polar surface area (TPSA) is 122 Å². The summed E-state index contributed by atoms with van der Waals surface area (Å²) in [6.45, 7) is -0.178. The summed E-state index contributed by atoms with van der Waals surface area (Å²) >= 11 is 7.14. The number of amides is 2. The molecule has 1 atom stereocenters. The first kappa shape index (κ1) is 26.2. The lowest BCUT2D eigenvalue weighted by Crippen LogP contribution is -2.43. The van der Waals surface area contributed by atoms with Crippen LogP contribution in [0.5, 0.6) is 5.75 Å². The molecular formula is C25H25ClN2O6S2. The fourth-order valence-electron chi connectivity index (χ4n) is 4.28. The number of sulfone groups is 1. The summed E-state index contributed by atoms with van der Waals surface area (Å²) in [5, 5.41) is 12.4. The summed E-state index contributed by atoms with van der Waals surface area (Å²) in [4.78, 5) is 25.8. The highest BCUT2D eigenvalue weighted by molar-refractivity contribution is 7.92. The fraction of sp³-hybridized carbons (Fsp3) is 0.280. The van der Waals surface area contributed by atoms with E-state index in [2.05, 4.69) is 5.32 Å². The molecule has 190 valence electrons. The van der Waals surface area contributed by atoms with Crippen molar-refractivity contribution in [2.24, 2.45) is 0 Å². The van der Waals surface area contributed by atoms with Gasteiger partial charge in [0.1, 0.15) is 10.5 Å². The van der Waals surface area contributed by atoms with E-state index in [-0.39, 0.29) is 24.7 Å². The smallest absolute Gasteiger partial charge is 0.262 e. The predicted octanol–water partition coefficient (Wildman–Crippen LogP) is 4.78. The number of ether oxygens (including phenoxy) is 1. The van der Waals surface area contributed by atoms with Crippen molar-refractivity contribution in [1.82, 2.24) is 5.48 Å². The highest BCUT2D eigenvalue weighted by Gasteiger charge is 2.49. The van der Waals surface area contributed by atoms with Crippen LogP contribution >= 0.6 is 22.9 Å². The molecule has 0 aliphatic carbocycles. The van der Waals surface area contributed by atoms with E-state index < -0.39 is 20.5 Å². The van der Waals surface area contributed by atoms with Gasteiger partial charge in [-0.2, -0.15) is 0 Å². The Balaban J connectivity index is 1.51. The molecule has 1 aliphatic heterocycles. The minimum absolute atomic E-state index is 0.00144. The van der Waals surface area contributed by atoms with Crippen molar-refractivity contribution < 1.29 is 28.0 Å². The highest BCUT2D eigenvalue weighted by atomic mass is 35.5. The molecule has 3 aromatic rings. The van der Waals surface area contributed by atoms with Gasteiger partial charge in [0.25, 0.3) is 5.91 Å². The molecule has 4 rings (SSSR count). The minimum Gasteiger partial charge on any atom is -0.484 e. The zero-order valence-corrected chi connectivity index (χ0v) is 21.6. The Morgan fingerprint density at radius 3 is 2.56 bits per heavy atom. The molecule has 1 aromatic heterocycles. The molecule has 2 amide bonds. The SMILES string of the molecule is O=C(C[C@]1(c2ccc(-c3cccc(NC(=O)COc4ccc(Cl)cc4)c3)s2)CCCCS1(=O)=O)NO. The minimum atomic E-state index is -3.61. The van der Waals surface area contributed by atoms with Gasteiger partial charge in [-0.05, 0) is 66.9 Å². The van der Waals surface area contributed by atoms with Crippen LogP contribution in [0, 0.1) is 0 Å². The molecule has 1 fully saturated rings. The second kappa shape index (κ2) is 11.0. The lowest BCUT2D eigenvalue weighted by atomic mass is 9.94. The number of rotatable bonds is 8. The number of hydrogen-bond donors (Lipinski definition) is 3. The summed E-state index contributed by atoms with van der Waals surface area (Å²) < 4.78 is 30.4. The average Bonchev–Trinajstić information content (AvgIpc) is 3.36. The van der Waals surface area contributed by atoms with E-state index in [4.69, 9.17) is 21.5 Å². The molecule has 1 saturated heterocycles. The van der Waals surface area contributed by atoms with Crippen molar-refractivity contribution in [3.63, 3.8) is 0 Å². The Labute approximate surface area is 218 Å². The van der Waals surface area contributed by atoms with Crippen molar-refractivity contribution >= 4 is 50.3 Å². The van der Waals surface area contributed by atoms with Gasteiger partial charge >= 0.3 is 0 Å². The third-order valence-electron chi connectivity index (χ3n) is 6.08. The van der Waals surface area contributed by atoms with E-state index in [1.807, 2.05) is 12.1 Å². The summed E-state index contributed by atoms with van der Waals surface area (Å²) in [5.41, 5.74) is 2.93. The lowest BCUT2D eigenvalue weighted by molar-refractivity contribution is -0.130. The first-order valence-electron chi connectivity index (χ1n) is 11.3. The number of anilines is 1. The van der Waals surface area contributed by atoms with Crippen LogP contribution < -0.4 is 15.5 Å². The number of carbonyl (C=O) groups excluding carboxylic acids is 2. The zero-order valence-electron chi connectivity index (χ0n) is 19.2. The summed E-state index contributed by atoms with van der Waals surface area (Å²) in [6.07, 6.45) is 1.19. The van der Waals surface area contributed by atoms with Gasteiger partial charge in [0.15, 0.2) is 16.4 Å². The van der Waals surface area contributed by atoms with E-state index in [9.17, 15) is 18.0 Å². The number of carbonyl (C=O) groups is 2.